The molecule has 1 aliphatic carbocycles. The lowest BCUT2D eigenvalue weighted by atomic mass is 9.84. The standard InChI is InChI=1S/C18H18N2O5/c21-19(22)15-8-11-18(17(12-15)20(23)24)25-16-9-6-14(7-10-16)13-4-2-1-3-5-13/h6-13H,1-5H2. The molecule has 3 rings (SSSR count). The van der Waals surface area contributed by atoms with Gasteiger partial charge in [-0.05, 0) is 42.5 Å². The van der Waals surface area contributed by atoms with Crippen molar-refractivity contribution >= 4 is 11.4 Å². The van der Waals surface area contributed by atoms with Gasteiger partial charge in [0.05, 0.1) is 15.9 Å². The van der Waals surface area contributed by atoms with E-state index in [-0.39, 0.29) is 11.4 Å². The predicted octanol–water partition coefficient (Wildman–Crippen LogP) is 5.34. The number of nitrogens with zero attached hydrogens (tertiary/aromatic N) is 2. The van der Waals surface area contributed by atoms with Crippen LogP contribution in [0.1, 0.15) is 43.6 Å². The summed E-state index contributed by atoms with van der Waals surface area (Å²) < 4.78 is 5.58. The molecule has 2 aromatic rings. The molecule has 0 saturated heterocycles. The lowest BCUT2D eigenvalue weighted by Crippen LogP contribution is -2.04. The highest BCUT2D eigenvalue weighted by molar-refractivity contribution is 5.54. The molecule has 0 radical (unpaired) electrons. The second-order valence-corrected chi connectivity index (χ2v) is 6.17. The van der Waals surface area contributed by atoms with Crippen LogP contribution in [-0.2, 0) is 0 Å². The van der Waals surface area contributed by atoms with Crippen LogP contribution in [0.15, 0.2) is 42.5 Å². The third-order valence-electron chi connectivity index (χ3n) is 4.53. The smallest absolute Gasteiger partial charge is 0.318 e. The summed E-state index contributed by atoms with van der Waals surface area (Å²) in [4.78, 5) is 20.6. The molecule has 1 saturated carbocycles. The maximum Gasteiger partial charge on any atom is 0.318 e. The second-order valence-electron chi connectivity index (χ2n) is 6.17. The summed E-state index contributed by atoms with van der Waals surface area (Å²) in [5.41, 5.74) is 0.488. The fourth-order valence-electron chi connectivity index (χ4n) is 3.22. The van der Waals surface area contributed by atoms with Gasteiger partial charge < -0.3 is 4.74 Å². The summed E-state index contributed by atoms with van der Waals surface area (Å²) in [6.07, 6.45) is 6.17. The Morgan fingerprint density at radius 1 is 0.880 bits per heavy atom. The van der Waals surface area contributed by atoms with Crippen LogP contribution in [0, 0.1) is 20.2 Å². The average Bonchev–Trinajstić information content (AvgIpc) is 2.63. The number of nitro groups is 2. The molecule has 1 fully saturated rings. The molecular weight excluding hydrogens is 324 g/mol. The zero-order chi connectivity index (χ0) is 17.8. The van der Waals surface area contributed by atoms with Gasteiger partial charge in [0.15, 0.2) is 0 Å². The lowest BCUT2D eigenvalue weighted by Gasteiger charge is -2.22. The maximum atomic E-state index is 11.2. The van der Waals surface area contributed by atoms with Crippen LogP contribution in [0.25, 0.3) is 0 Å². The van der Waals surface area contributed by atoms with Crippen molar-refractivity contribution in [2.75, 3.05) is 0 Å². The van der Waals surface area contributed by atoms with Gasteiger partial charge in [-0.15, -0.1) is 0 Å². The molecule has 7 heteroatoms. The van der Waals surface area contributed by atoms with Crippen LogP contribution in [0.2, 0.25) is 0 Å². The van der Waals surface area contributed by atoms with Crippen molar-refractivity contribution in [3.63, 3.8) is 0 Å². The summed E-state index contributed by atoms with van der Waals surface area (Å²) in [5.74, 6) is 1.02. The molecule has 7 nitrogen and oxygen atoms in total. The van der Waals surface area contributed by atoms with Gasteiger partial charge in [-0.1, -0.05) is 31.4 Å². The van der Waals surface area contributed by atoms with Crippen molar-refractivity contribution in [3.05, 3.63) is 68.3 Å². The number of benzene rings is 2. The zero-order valence-corrected chi connectivity index (χ0v) is 13.6. The Morgan fingerprint density at radius 3 is 2.16 bits per heavy atom. The van der Waals surface area contributed by atoms with Crippen LogP contribution >= 0.6 is 0 Å². The van der Waals surface area contributed by atoms with Gasteiger partial charge in [0.1, 0.15) is 5.75 Å². The Morgan fingerprint density at radius 2 is 1.56 bits per heavy atom. The Balaban J connectivity index is 1.79. The van der Waals surface area contributed by atoms with E-state index in [1.54, 1.807) is 12.1 Å². The molecule has 0 atom stereocenters. The third-order valence-corrected chi connectivity index (χ3v) is 4.53. The number of hydrogen-bond donors (Lipinski definition) is 0. The van der Waals surface area contributed by atoms with Crippen LogP contribution in [0.4, 0.5) is 11.4 Å². The van der Waals surface area contributed by atoms with E-state index < -0.39 is 15.5 Å². The number of rotatable bonds is 5. The van der Waals surface area contributed by atoms with Crippen molar-refractivity contribution in [1.29, 1.82) is 0 Å². The number of hydrogen-bond acceptors (Lipinski definition) is 5. The fraction of sp³-hybridized carbons (Fsp3) is 0.333. The SMILES string of the molecule is O=[N+]([O-])c1ccc(Oc2ccc(C3CCCCC3)cc2)c([N+](=O)[O-])c1. The molecular formula is C18H18N2O5. The van der Waals surface area contributed by atoms with Gasteiger partial charge >= 0.3 is 5.69 Å². The topological polar surface area (TPSA) is 95.5 Å². The van der Waals surface area contributed by atoms with Crippen LogP contribution in [0.5, 0.6) is 11.5 Å². The quantitative estimate of drug-likeness (QED) is 0.539. The summed E-state index contributed by atoms with van der Waals surface area (Å²) in [6, 6.07) is 10.9. The van der Waals surface area contributed by atoms with Crippen molar-refractivity contribution in [2.24, 2.45) is 0 Å². The number of nitro benzene ring substituents is 2. The van der Waals surface area contributed by atoms with Gasteiger partial charge in [-0.3, -0.25) is 20.2 Å². The predicted molar refractivity (Wildman–Crippen MR) is 92.1 cm³/mol. The molecule has 2 aromatic carbocycles. The largest absolute Gasteiger partial charge is 0.450 e. The van der Waals surface area contributed by atoms with Gasteiger partial charge in [-0.2, -0.15) is 0 Å². The number of non-ortho nitro benzene ring substituents is 1. The molecule has 0 bridgehead atoms. The first-order valence-electron chi connectivity index (χ1n) is 8.25. The highest BCUT2D eigenvalue weighted by Gasteiger charge is 2.21. The van der Waals surface area contributed by atoms with Gasteiger partial charge in [0.25, 0.3) is 5.69 Å². The fourth-order valence-corrected chi connectivity index (χ4v) is 3.22. The van der Waals surface area contributed by atoms with E-state index >= 15 is 0 Å². The molecule has 0 heterocycles. The first kappa shape index (κ1) is 16.9. The molecule has 1 aliphatic rings. The minimum atomic E-state index is -0.682. The van der Waals surface area contributed by atoms with E-state index in [0.29, 0.717) is 11.7 Å². The van der Waals surface area contributed by atoms with Crippen LogP contribution in [0.3, 0.4) is 0 Å². The minimum absolute atomic E-state index is 0.0129. The van der Waals surface area contributed by atoms with Crippen molar-refractivity contribution in [3.8, 4) is 11.5 Å². The number of ether oxygens (including phenoxy) is 1. The molecule has 25 heavy (non-hydrogen) atoms. The van der Waals surface area contributed by atoms with E-state index in [1.165, 1.54) is 49.8 Å². The Labute approximate surface area is 144 Å². The highest BCUT2D eigenvalue weighted by Crippen LogP contribution is 2.36. The first-order valence-corrected chi connectivity index (χ1v) is 8.25. The van der Waals surface area contributed by atoms with Crippen molar-refractivity contribution in [2.45, 2.75) is 38.0 Å². The Bertz CT molecular complexity index is 783. The van der Waals surface area contributed by atoms with Crippen molar-refractivity contribution in [1.82, 2.24) is 0 Å². The van der Waals surface area contributed by atoms with Crippen LogP contribution < -0.4 is 4.74 Å². The molecule has 0 aliphatic heterocycles. The summed E-state index contributed by atoms with van der Waals surface area (Å²) in [5, 5.41) is 21.9. The van der Waals surface area contributed by atoms with E-state index in [2.05, 4.69) is 0 Å². The second kappa shape index (κ2) is 7.29. The molecule has 0 N–H and O–H groups in total. The normalized spacial score (nSPS) is 14.9. The van der Waals surface area contributed by atoms with Gasteiger partial charge in [-0.25, -0.2) is 0 Å². The summed E-state index contributed by atoms with van der Waals surface area (Å²) >= 11 is 0. The molecule has 0 aromatic heterocycles. The molecule has 0 amide bonds. The van der Waals surface area contributed by atoms with E-state index in [4.69, 9.17) is 4.74 Å². The maximum absolute atomic E-state index is 11.2. The van der Waals surface area contributed by atoms with E-state index in [0.717, 1.165) is 6.07 Å². The monoisotopic (exact) mass is 342 g/mol. The summed E-state index contributed by atoms with van der Waals surface area (Å²) in [6.45, 7) is 0. The Kier molecular flexibility index (Phi) is 4.92. The van der Waals surface area contributed by atoms with Gasteiger partial charge in [0, 0.05) is 6.07 Å². The third kappa shape index (κ3) is 3.93. The first-order chi connectivity index (χ1) is 12.0. The lowest BCUT2D eigenvalue weighted by molar-refractivity contribution is -0.394. The van der Waals surface area contributed by atoms with Crippen molar-refractivity contribution < 1.29 is 14.6 Å². The Hall–Kier alpha value is -2.96. The van der Waals surface area contributed by atoms with E-state index in [9.17, 15) is 20.2 Å². The molecule has 0 spiro atoms. The molecule has 0 unspecified atom stereocenters. The average molecular weight is 342 g/mol. The van der Waals surface area contributed by atoms with Gasteiger partial charge in [0.2, 0.25) is 5.75 Å². The highest BCUT2D eigenvalue weighted by atomic mass is 16.6. The van der Waals surface area contributed by atoms with E-state index in [1.807, 2.05) is 12.1 Å². The summed E-state index contributed by atoms with van der Waals surface area (Å²) in [7, 11) is 0. The zero-order valence-electron chi connectivity index (χ0n) is 13.6. The van der Waals surface area contributed by atoms with Crippen LogP contribution in [-0.4, -0.2) is 9.85 Å². The minimum Gasteiger partial charge on any atom is -0.450 e. The molecule has 130 valence electrons.